The Morgan fingerprint density at radius 3 is 2.63 bits per heavy atom. The standard InChI is InChI=1S/C12H11NO5S/c1-3-18-11-7(9(16)10(11)17)13-6-4-19-12(5(2)14)8(6)15/h4,13,15H,3H2,1-2H3. The van der Waals surface area contributed by atoms with Crippen molar-refractivity contribution in [3.05, 3.63) is 30.7 Å². The van der Waals surface area contributed by atoms with E-state index in [-0.39, 0.29) is 40.1 Å². The largest absolute Gasteiger partial charge is 0.504 e. The fourth-order valence-corrected chi connectivity index (χ4v) is 2.39. The van der Waals surface area contributed by atoms with Gasteiger partial charge in [0.15, 0.2) is 17.3 Å². The second kappa shape index (κ2) is 4.85. The van der Waals surface area contributed by atoms with Gasteiger partial charge in [0, 0.05) is 12.3 Å². The van der Waals surface area contributed by atoms with E-state index in [4.69, 9.17) is 4.74 Å². The third kappa shape index (κ3) is 2.12. The summed E-state index contributed by atoms with van der Waals surface area (Å²) >= 11 is 1.06. The lowest BCUT2D eigenvalue weighted by molar-refractivity contribution is 0.101. The maximum Gasteiger partial charge on any atom is 0.272 e. The number of ether oxygens (including phenoxy) is 1. The van der Waals surface area contributed by atoms with Crippen molar-refractivity contribution >= 4 is 28.5 Å². The number of nitrogens with one attached hydrogen (secondary N) is 1. The van der Waals surface area contributed by atoms with Crippen molar-refractivity contribution in [1.29, 1.82) is 0 Å². The van der Waals surface area contributed by atoms with Gasteiger partial charge in [0.2, 0.25) is 0 Å². The Kier molecular flexibility index (Phi) is 3.39. The molecule has 0 radical (unpaired) electrons. The van der Waals surface area contributed by atoms with Crippen molar-refractivity contribution in [2.24, 2.45) is 0 Å². The van der Waals surface area contributed by atoms with Crippen molar-refractivity contribution in [1.82, 2.24) is 0 Å². The van der Waals surface area contributed by atoms with Gasteiger partial charge in [-0.1, -0.05) is 0 Å². The van der Waals surface area contributed by atoms with Crippen LogP contribution in [-0.4, -0.2) is 17.5 Å². The number of carbonyl (C=O) groups excluding carboxylic acids is 1. The highest BCUT2D eigenvalue weighted by Gasteiger charge is 2.24. The third-order valence-corrected chi connectivity index (χ3v) is 3.57. The van der Waals surface area contributed by atoms with Gasteiger partial charge in [-0.25, -0.2) is 0 Å². The van der Waals surface area contributed by atoms with Crippen molar-refractivity contribution in [2.75, 3.05) is 11.9 Å². The van der Waals surface area contributed by atoms with Crippen molar-refractivity contribution in [3.8, 4) is 11.5 Å². The molecule has 6 nitrogen and oxygen atoms in total. The molecular formula is C12H11NO5S. The Morgan fingerprint density at radius 2 is 2.11 bits per heavy atom. The van der Waals surface area contributed by atoms with E-state index < -0.39 is 10.9 Å². The maximum absolute atomic E-state index is 11.4. The number of anilines is 2. The molecule has 0 amide bonds. The first-order valence-electron chi connectivity index (χ1n) is 5.51. The molecule has 0 aliphatic heterocycles. The van der Waals surface area contributed by atoms with Crippen LogP contribution in [0.2, 0.25) is 0 Å². The van der Waals surface area contributed by atoms with Crippen molar-refractivity contribution < 1.29 is 14.6 Å². The monoisotopic (exact) mass is 281 g/mol. The summed E-state index contributed by atoms with van der Waals surface area (Å²) in [6.07, 6.45) is 0. The molecule has 100 valence electrons. The van der Waals surface area contributed by atoms with Gasteiger partial charge in [-0.2, -0.15) is 0 Å². The number of aromatic hydroxyl groups is 1. The van der Waals surface area contributed by atoms with E-state index in [9.17, 15) is 19.5 Å². The quantitative estimate of drug-likeness (QED) is 0.635. The van der Waals surface area contributed by atoms with Crippen LogP contribution < -0.4 is 20.9 Å². The molecular weight excluding hydrogens is 270 g/mol. The lowest BCUT2D eigenvalue weighted by Gasteiger charge is -2.12. The minimum atomic E-state index is -0.696. The molecule has 0 aliphatic carbocycles. The third-order valence-electron chi connectivity index (χ3n) is 2.50. The Bertz CT molecular complexity index is 708. The molecule has 0 atom stereocenters. The summed E-state index contributed by atoms with van der Waals surface area (Å²) in [4.78, 5) is 34.1. The van der Waals surface area contributed by atoms with Gasteiger partial charge in [-0.05, 0) is 6.92 Å². The second-order valence-electron chi connectivity index (χ2n) is 3.80. The first kappa shape index (κ1) is 13.3. The molecule has 7 heteroatoms. The molecule has 2 rings (SSSR count). The molecule has 0 saturated carbocycles. The summed E-state index contributed by atoms with van der Waals surface area (Å²) in [7, 11) is 0. The van der Waals surface area contributed by atoms with Crippen LogP contribution in [0.15, 0.2) is 15.0 Å². The summed E-state index contributed by atoms with van der Waals surface area (Å²) in [6.45, 7) is 3.28. The van der Waals surface area contributed by atoms with Crippen molar-refractivity contribution in [2.45, 2.75) is 13.8 Å². The minimum absolute atomic E-state index is 0.00931. The molecule has 2 aromatic rings. The van der Waals surface area contributed by atoms with Crippen LogP contribution in [0, 0.1) is 0 Å². The van der Waals surface area contributed by atoms with E-state index in [1.165, 1.54) is 12.3 Å². The molecule has 0 unspecified atom stereocenters. The summed E-state index contributed by atoms with van der Waals surface area (Å²) in [5.74, 6) is -0.541. The Balaban J connectivity index is 2.33. The molecule has 0 spiro atoms. The van der Waals surface area contributed by atoms with E-state index in [0.717, 1.165) is 11.3 Å². The van der Waals surface area contributed by atoms with Crippen LogP contribution in [0.1, 0.15) is 23.5 Å². The predicted octanol–water partition coefficient (Wildman–Crippen LogP) is 1.39. The zero-order valence-corrected chi connectivity index (χ0v) is 11.1. The maximum atomic E-state index is 11.4. The molecule has 1 aromatic carbocycles. The molecule has 0 bridgehead atoms. The first-order chi connectivity index (χ1) is 8.97. The fraction of sp³-hybridized carbons (Fsp3) is 0.250. The number of carbonyl (C=O) groups is 1. The minimum Gasteiger partial charge on any atom is -0.504 e. The first-order valence-corrected chi connectivity index (χ1v) is 6.39. The number of thiophene rings is 1. The van der Waals surface area contributed by atoms with Crippen LogP contribution in [0.3, 0.4) is 0 Å². The van der Waals surface area contributed by atoms with Crippen LogP contribution in [0.5, 0.6) is 11.5 Å². The summed E-state index contributed by atoms with van der Waals surface area (Å²) < 4.78 is 5.04. The van der Waals surface area contributed by atoms with E-state index >= 15 is 0 Å². The van der Waals surface area contributed by atoms with E-state index in [1.807, 2.05) is 0 Å². The predicted molar refractivity (Wildman–Crippen MR) is 71.8 cm³/mol. The Hall–Kier alpha value is -2.15. The Labute approximate surface area is 112 Å². The number of hydrogen-bond donors (Lipinski definition) is 2. The highest BCUT2D eigenvalue weighted by atomic mass is 32.1. The summed E-state index contributed by atoms with van der Waals surface area (Å²) in [5, 5.41) is 13.9. The van der Waals surface area contributed by atoms with Gasteiger partial charge >= 0.3 is 0 Å². The summed E-state index contributed by atoms with van der Waals surface area (Å²) in [5.41, 5.74) is -1.16. The topological polar surface area (TPSA) is 92.7 Å². The zero-order valence-electron chi connectivity index (χ0n) is 10.3. The van der Waals surface area contributed by atoms with Gasteiger partial charge in [-0.3, -0.25) is 14.4 Å². The highest BCUT2D eigenvalue weighted by molar-refractivity contribution is 7.13. The molecule has 0 fully saturated rings. The average molecular weight is 281 g/mol. The molecule has 0 saturated heterocycles. The number of rotatable bonds is 5. The fourth-order valence-electron chi connectivity index (χ4n) is 1.59. The molecule has 1 aromatic heterocycles. The van der Waals surface area contributed by atoms with Crippen LogP contribution >= 0.6 is 11.3 Å². The molecule has 2 N–H and O–H groups in total. The smallest absolute Gasteiger partial charge is 0.272 e. The SMILES string of the molecule is CCOc1c(Nc2csc(C(C)=O)c2O)c(=O)c1=O. The second-order valence-corrected chi connectivity index (χ2v) is 4.68. The number of hydrogen-bond acceptors (Lipinski definition) is 7. The van der Waals surface area contributed by atoms with Crippen LogP contribution in [-0.2, 0) is 0 Å². The normalized spacial score (nSPS) is 10.6. The van der Waals surface area contributed by atoms with Gasteiger partial charge < -0.3 is 15.2 Å². The van der Waals surface area contributed by atoms with Gasteiger partial charge in [0.1, 0.15) is 10.6 Å². The molecule has 1 heterocycles. The number of Topliss-reactive ketones (excluding diaryl/α,β-unsaturated/α-hetero) is 1. The van der Waals surface area contributed by atoms with E-state index in [0.29, 0.717) is 0 Å². The van der Waals surface area contributed by atoms with Gasteiger partial charge in [0.25, 0.3) is 10.9 Å². The van der Waals surface area contributed by atoms with Crippen LogP contribution in [0.4, 0.5) is 11.4 Å². The van der Waals surface area contributed by atoms with Gasteiger partial charge in [0.05, 0.1) is 12.3 Å². The number of ketones is 1. The lowest BCUT2D eigenvalue weighted by Crippen LogP contribution is -2.35. The Morgan fingerprint density at radius 1 is 1.42 bits per heavy atom. The van der Waals surface area contributed by atoms with Crippen molar-refractivity contribution in [3.63, 3.8) is 0 Å². The highest BCUT2D eigenvalue weighted by Crippen LogP contribution is 2.37. The van der Waals surface area contributed by atoms with Crippen LogP contribution in [0.25, 0.3) is 0 Å². The zero-order chi connectivity index (χ0) is 14.2. The average Bonchev–Trinajstić information content (AvgIpc) is 2.74. The van der Waals surface area contributed by atoms with E-state index in [1.54, 1.807) is 6.92 Å². The summed E-state index contributed by atoms with van der Waals surface area (Å²) in [6, 6.07) is 0. The lowest BCUT2D eigenvalue weighted by atomic mass is 10.2. The molecule has 19 heavy (non-hydrogen) atoms. The van der Waals surface area contributed by atoms with E-state index in [2.05, 4.69) is 5.32 Å². The molecule has 0 aliphatic rings. The van der Waals surface area contributed by atoms with Gasteiger partial charge in [-0.15, -0.1) is 11.3 Å².